The minimum atomic E-state index is -0.548. The number of carbonyl (C=O) groups excluding carboxylic acids is 2. The first-order valence-electron chi connectivity index (χ1n) is 7.56. The van der Waals surface area contributed by atoms with Crippen LogP contribution in [0, 0.1) is 0 Å². The van der Waals surface area contributed by atoms with Gasteiger partial charge in [0.05, 0.1) is 13.5 Å². The van der Waals surface area contributed by atoms with Crippen molar-refractivity contribution in [2.75, 3.05) is 20.2 Å². The number of nitrogens with one attached hydrogen (secondary N) is 1. The zero-order valence-corrected chi connectivity index (χ0v) is 12.9. The number of methoxy groups -OCH3 is 1. The summed E-state index contributed by atoms with van der Waals surface area (Å²) in [5.74, 6) is 0.860. The smallest absolute Gasteiger partial charge is 0.312 e. The minimum absolute atomic E-state index is 0.0343. The molecule has 0 aromatic heterocycles. The summed E-state index contributed by atoms with van der Waals surface area (Å²) in [5.41, 5.74) is 6.07. The lowest BCUT2D eigenvalue weighted by Crippen LogP contribution is -2.50. The number of rotatable bonds is 5. The van der Waals surface area contributed by atoms with Crippen LogP contribution in [0.15, 0.2) is 24.3 Å². The second-order valence-corrected chi connectivity index (χ2v) is 5.51. The molecule has 1 aliphatic heterocycles. The summed E-state index contributed by atoms with van der Waals surface area (Å²) in [6, 6.07) is 6.99. The maximum atomic E-state index is 12.5. The Morgan fingerprint density at radius 1 is 1.32 bits per heavy atom. The van der Waals surface area contributed by atoms with Crippen molar-refractivity contribution in [1.82, 2.24) is 10.2 Å². The highest BCUT2D eigenvalue weighted by Gasteiger charge is 2.26. The highest BCUT2D eigenvalue weighted by molar-refractivity contribution is 5.79. The molecule has 6 nitrogen and oxygen atoms in total. The van der Waals surface area contributed by atoms with Gasteiger partial charge in [-0.2, -0.15) is 0 Å². The molecule has 0 spiro atoms. The van der Waals surface area contributed by atoms with Crippen molar-refractivity contribution in [1.29, 1.82) is 0 Å². The van der Waals surface area contributed by atoms with E-state index in [9.17, 15) is 9.59 Å². The Hall–Kier alpha value is -2.24. The number of primary amides is 1. The highest BCUT2D eigenvalue weighted by atomic mass is 16.5. The Labute approximate surface area is 130 Å². The molecule has 1 heterocycles. The van der Waals surface area contributed by atoms with Crippen LogP contribution in [0.4, 0.5) is 4.79 Å². The summed E-state index contributed by atoms with van der Waals surface area (Å²) in [5, 5.41) is 2.61. The molecular formula is C16H23N3O3. The third kappa shape index (κ3) is 4.38. The van der Waals surface area contributed by atoms with E-state index in [0.717, 1.165) is 37.1 Å². The Balaban J connectivity index is 1.96. The number of nitrogens with two attached hydrogens (primary N) is 1. The molecule has 22 heavy (non-hydrogen) atoms. The number of likely N-dealkylation sites (tertiary alicyclic amines) is 1. The standard InChI is InChI=1S/C16H23N3O3/c1-22-14-7-5-12(6-8-14)10-15(20)19-9-3-2-4-13(19)11-18-16(17)21/h5-8,13H,2-4,9-11H2,1H3,(H3,17,18,21)/t13-/m1/s1. The number of carbonyl (C=O) groups is 2. The molecule has 3 amide bonds. The summed E-state index contributed by atoms with van der Waals surface area (Å²) in [6.07, 6.45) is 3.32. The van der Waals surface area contributed by atoms with Gasteiger partial charge >= 0.3 is 6.03 Å². The van der Waals surface area contributed by atoms with E-state index in [0.29, 0.717) is 13.0 Å². The Morgan fingerprint density at radius 3 is 2.68 bits per heavy atom. The topological polar surface area (TPSA) is 84.7 Å². The molecule has 0 aliphatic carbocycles. The van der Waals surface area contributed by atoms with E-state index in [4.69, 9.17) is 10.5 Å². The van der Waals surface area contributed by atoms with E-state index in [-0.39, 0.29) is 11.9 Å². The lowest BCUT2D eigenvalue weighted by Gasteiger charge is -2.36. The Morgan fingerprint density at radius 2 is 2.05 bits per heavy atom. The van der Waals surface area contributed by atoms with Gasteiger partial charge in [0.1, 0.15) is 5.75 Å². The first-order chi connectivity index (χ1) is 10.6. The lowest BCUT2D eigenvalue weighted by atomic mass is 10.0. The van der Waals surface area contributed by atoms with Crippen molar-refractivity contribution < 1.29 is 14.3 Å². The predicted octanol–water partition coefficient (Wildman–Crippen LogP) is 1.29. The van der Waals surface area contributed by atoms with Gasteiger partial charge in [-0.25, -0.2) is 4.79 Å². The molecule has 2 rings (SSSR count). The molecule has 6 heteroatoms. The van der Waals surface area contributed by atoms with E-state index < -0.39 is 6.03 Å². The van der Waals surface area contributed by atoms with E-state index in [1.807, 2.05) is 29.2 Å². The molecule has 0 unspecified atom stereocenters. The molecular weight excluding hydrogens is 282 g/mol. The van der Waals surface area contributed by atoms with Crippen LogP contribution in [0.3, 0.4) is 0 Å². The number of piperidine rings is 1. The fourth-order valence-corrected chi connectivity index (χ4v) is 2.78. The average molecular weight is 305 g/mol. The second kappa shape index (κ2) is 7.68. The quantitative estimate of drug-likeness (QED) is 0.859. The normalized spacial score (nSPS) is 17.9. The first-order valence-corrected chi connectivity index (χ1v) is 7.56. The molecule has 1 atom stereocenters. The van der Waals surface area contributed by atoms with Crippen LogP contribution < -0.4 is 15.8 Å². The molecule has 0 radical (unpaired) electrons. The SMILES string of the molecule is COc1ccc(CC(=O)N2CCCC[C@@H]2CNC(N)=O)cc1. The molecule has 1 aromatic rings. The zero-order valence-electron chi connectivity index (χ0n) is 12.9. The fraction of sp³-hybridized carbons (Fsp3) is 0.500. The summed E-state index contributed by atoms with van der Waals surface area (Å²) in [4.78, 5) is 25.3. The Bertz CT molecular complexity index is 516. The van der Waals surface area contributed by atoms with Crippen LogP contribution in [-0.2, 0) is 11.2 Å². The third-order valence-corrected chi connectivity index (χ3v) is 3.97. The van der Waals surface area contributed by atoms with Crippen LogP contribution in [-0.4, -0.2) is 43.1 Å². The maximum Gasteiger partial charge on any atom is 0.312 e. The second-order valence-electron chi connectivity index (χ2n) is 5.51. The monoisotopic (exact) mass is 305 g/mol. The van der Waals surface area contributed by atoms with Gasteiger partial charge in [0.15, 0.2) is 0 Å². The number of amides is 3. The number of ether oxygens (including phenoxy) is 1. The fourth-order valence-electron chi connectivity index (χ4n) is 2.78. The van der Waals surface area contributed by atoms with Crippen molar-refractivity contribution in [2.24, 2.45) is 5.73 Å². The minimum Gasteiger partial charge on any atom is -0.497 e. The summed E-state index contributed by atoms with van der Waals surface area (Å²) in [7, 11) is 1.62. The number of urea groups is 1. The molecule has 3 N–H and O–H groups in total. The molecule has 0 saturated carbocycles. The number of benzene rings is 1. The summed E-state index contributed by atoms with van der Waals surface area (Å²) < 4.78 is 5.11. The van der Waals surface area contributed by atoms with Crippen LogP contribution in [0.1, 0.15) is 24.8 Å². The summed E-state index contributed by atoms with van der Waals surface area (Å²) in [6.45, 7) is 1.16. The van der Waals surface area contributed by atoms with Gasteiger partial charge in [-0.1, -0.05) is 12.1 Å². The largest absolute Gasteiger partial charge is 0.497 e. The maximum absolute atomic E-state index is 12.5. The Kier molecular flexibility index (Phi) is 5.63. The van der Waals surface area contributed by atoms with Gasteiger partial charge in [0.25, 0.3) is 0 Å². The van der Waals surface area contributed by atoms with Crippen molar-refractivity contribution in [3.05, 3.63) is 29.8 Å². The van der Waals surface area contributed by atoms with Gasteiger partial charge in [0.2, 0.25) is 5.91 Å². The van der Waals surface area contributed by atoms with Crippen LogP contribution in [0.2, 0.25) is 0 Å². The molecule has 1 aromatic carbocycles. The predicted molar refractivity (Wildman–Crippen MR) is 83.6 cm³/mol. The van der Waals surface area contributed by atoms with Crippen molar-refractivity contribution in [3.63, 3.8) is 0 Å². The first kappa shape index (κ1) is 16.1. The van der Waals surface area contributed by atoms with Crippen molar-refractivity contribution in [2.45, 2.75) is 31.7 Å². The van der Waals surface area contributed by atoms with Crippen molar-refractivity contribution >= 4 is 11.9 Å². The molecule has 120 valence electrons. The van der Waals surface area contributed by atoms with E-state index >= 15 is 0 Å². The van der Waals surface area contributed by atoms with Gasteiger partial charge < -0.3 is 20.7 Å². The number of nitrogens with zero attached hydrogens (tertiary/aromatic N) is 1. The van der Waals surface area contributed by atoms with Gasteiger partial charge in [-0.3, -0.25) is 4.79 Å². The van der Waals surface area contributed by atoms with Crippen LogP contribution >= 0.6 is 0 Å². The number of hydrogen-bond donors (Lipinski definition) is 2. The van der Waals surface area contributed by atoms with E-state index in [2.05, 4.69) is 5.32 Å². The average Bonchev–Trinajstić information content (AvgIpc) is 2.54. The van der Waals surface area contributed by atoms with Gasteiger partial charge in [-0.05, 0) is 37.0 Å². The molecule has 1 aliphatic rings. The van der Waals surface area contributed by atoms with Gasteiger partial charge in [0, 0.05) is 19.1 Å². The van der Waals surface area contributed by atoms with E-state index in [1.54, 1.807) is 7.11 Å². The molecule has 0 bridgehead atoms. The highest BCUT2D eigenvalue weighted by Crippen LogP contribution is 2.19. The number of hydrogen-bond acceptors (Lipinski definition) is 3. The molecule has 1 saturated heterocycles. The zero-order chi connectivity index (χ0) is 15.9. The molecule has 1 fully saturated rings. The third-order valence-electron chi connectivity index (χ3n) is 3.97. The summed E-state index contributed by atoms with van der Waals surface area (Å²) >= 11 is 0. The van der Waals surface area contributed by atoms with Gasteiger partial charge in [-0.15, -0.1) is 0 Å². The van der Waals surface area contributed by atoms with E-state index in [1.165, 1.54) is 0 Å². The van der Waals surface area contributed by atoms with Crippen LogP contribution in [0.5, 0.6) is 5.75 Å². The lowest BCUT2D eigenvalue weighted by molar-refractivity contribution is -0.134. The van der Waals surface area contributed by atoms with Crippen LogP contribution in [0.25, 0.3) is 0 Å². The van der Waals surface area contributed by atoms with Crippen molar-refractivity contribution in [3.8, 4) is 5.75 Å².